The summed E-state index contributed by atoms with van der Waals surface area (Å²) >= 11 is 3.36. The fourth-order valence-electron chi connectivity index (χ4n) is 3.44. The third kappa shape index (κ3) is 4.22. The van der Waals surface area contributed by atoms with Crippen molar-refractivity contribution in [1.82, 2.24) is 9.88 Å². The Morgan fingerprint density at radius 1 is 1.32 bits per heavy atom. The minimum absolute atomic E-state index is 0.0732. The maximum atomic E-state index is 12.3. The quantitative estimate of drug-likeness (QED) is 0.795. The number of rotatable bonds is 5. The van der Waals surface area contributed by atoms with E-state index >= 15 is 0 Å². The highest BCUT2D eigenvalue weighted by Crippen LogP contribution is 2.29. The van der Waals surface area contributed by atoms with Gasteiger partial charge in [-0.15, -0.1) is 0 Å². The number of pyridine rings is 1. The molecule has 0 bridgehead atoms. The van der Waals surface area contributed by atoms with E-state index in [1.54, 1.807) is 6.20 Å². The minimum atomic E-state index is 0.0732. The lowest BCUT2D eigenvalue weighted by Crippen LogP contribution is -2.31. The monoisotopic (exact) mass is 366 g/mol. The summed E-state index contributed by atoms with van der Waals surface area (Å²) in [4.78, 5) is 18.5. The summed E-state index contributed by atoms with van der Waals surface area (Å²) in [6.45, 7) is 1.51. The largest absolute Gasteiger partial charge is 0.472 e. The van der Waals surface area contributed by atoms with Crippen LogP contribution in [0.1, 0.15) is 44.9 Å². The highest BCUT2D eigenvalue weighted by Gasteiger charge is 2.28. The molecule has 1 aliphatic heterocycles. The summed E-state index contributed by atoms with van der Waals surface area (Å²) in [5, 5.41) is 0. The number of likely N-dealkylation sites (tertiary alicyclic amines) is 1. The number of carbonyl (C=O) groups is 1. The molecule has 1 aliphatic carbocycles. The van der Waals surface area contributed by atoms with E-state index in [0.29, 0.717) is 24.8 Å². The van der Waals surface area contributed by atoms with E-state index in [1.807, 2.05) is 17.0 Å². The van der Waals surface area contributed by atoms with E-state index in [2.05, 4.69) is 20.9 Å². The second-order valence-corrected chi connectivity index (χ2v) is 7.29. The highest BCUT2D eigenvalue weighted by atomic mass is 79.9. The third-order valence-electron chi connectivity index (χ3n) is 4.73. The first kappa shape index (κ1) is 15.8. The molecule has 2 fully saturated rings. The summed E-state index contributed by atoms with van der Waals surface area (Å²) in [5.41, 5.74) is 0. The molecule has 1 saturated heterocycles. The predicted octanol–water partition coefficient (Wildman–Crippen LogP) is 3.79. The Kier molecular flexibility index (Phi) is 5.34. The van der Waals surface area contributed by atoms with E-state index in [4.69, 9.17) is 4.74 Å². The molecule has 120 valence electrons. The van der Waals surface area contributed by atoms with Gasteiger partial charge in [0.25, 0.3) is 0 Å². The van der Waals surface area contributed by atoms with E-state index < -0.39 is 0 Å². The van der Waals surface area contributed by atoms with Crippen molar-refractivity contribution in [2.75, 3.05) is 13.1 Å². The van der Waals surface area contributed by atoms with E-state index in [1.165, 1.54) is 25.7 Å². The van der Waals surface area contributed by atoms with Gasteiger partial charge >= 0.3 is 0 Å². The molecule has 0 aromatic carbocycles. The molecule has 22 heavy (non-hydrogen) atoms. The van der Waals surface area contributed by atoms with Crippen LogP contribution in [0.4, 0.5) is 0 Å². The molecule has 1 unspecified atom stereocenters. The van der Waals surface area contributed by atoms with Gasteiger partial charge in [0.05, 0.1) is 6.54 Å². The van der Waals surface area contributed by atoms with Crippen molar-refractivity contribution in [3.8, 4) is 5.88 Å². The Bertz CT molecular complexity index is 500. The molecule has 1 saturated carbocycles. The van der Waals surface area contributed by atoms with Gasteiger partial charge in [-0.3, -0.25) is 4.79 Å². The lowest BCUT2D eigenvalue weighted by atomic mass is 10.0. The molecular formula is C17H23BrN2O2. The van der Waals surface area contributed by atoms with Gasteiger partial charge in [0, 0.05) is 36.1 Å². The standard InChI is InChI=1S/C17H23BrN2O2/c18-14-6-7-16(19-11-14)22-15-9-10-20(12-15)17(21)8-5-13-3-1-2-4-13/h6-7,11,13,15H,1-5,8-10,12H2. The number of hydrogen-bond acceptors (Lipinski definition) is 3. The van der Waals surface area contributed by atoms with Crippen LogP contribution in [0.25, 0.3) is 0 Å². The highest BCUT2D eigenvalue weighted by molar-refractivity contribution is 9.10. The summed E-state index contributed by atoms with van der Waals surface area (Å²) in [7, 11) is 0. The van der Waals surface area contributed by atoms with Crippen LogP contribution in [0.2, 0.25) is 0 Å². The summed E-state index contributed by atoms with van der Waals surface area (Å²) in [5.74, 6) is 1.71. The molecule has 1 aromatic rings. The first-order chi connectivity index (χ1) is 10.7. The van der Waals surface area contributed by atoms with Gasteiger partial charge in [-0.25, -0.2) is 4.98 Å². The number of aromatic nitrogens is 1. The molecule has 5 heteroatoms. The topological polar surface area (TPSA) is 42.4 Å². The van der Waals surface area contributed by atoms with Gasteiger partial charge < -0.3 is 9.64 Å². The van der Waals surface area contributed by atoms with Crippen molar-refractivity contribution in [3.05, 3.63) is 22.8 Å². The van der Waals surface area contributed by atoms with Crippen molar-refractivity contribution >= 4 is 21.8 Å². The van der Waals surface area contributed by atoms with Gasteiger partial charge in [-0.1, -0.05) is 25.7 Å². The number of ether oxygens (including phenoxy) is 1. The van der Waals surface area contributed by atoms with Crippen LogP contribution in [-0.2, 0) is 4.79 Å². The number of amides is 1. The van der Waals surface area contributed by atoms with Crippen molar-refractivity contribution in [2.24, 2.45) is 5.92 Å². The summed E-state index contributed by atoms with van der Waals surface area (Å²) < 4.78 is 6.80. The Hall–Kier alpha value is -1.10. The molecule has 2 heterocycles. The molecule has 1 amide bonds. The van der Waals surface area contributed by atoms with Crippen LogP contribution in [0.3, 0.4) is 0 Å². The fourth-order valence-corrected chi connectivity index (χ4v) is 3.67. The minimum Gasteiger partial charge on any atom is -0.472 e. The molecule has 0 N–H and O–H groups in total. The normalized spacial score (nSPS) is 22.2. The number of halogens is 1. The average molecular weight is 367 g/mol. The number of hydrogen-bond donors (Lipinski definition) is 0. The fraction of sp³-hybridized carbons (Fsp3) is 0.647. The third-order valence-corrected chi connectivity index (χ3v) is 5.20. The first-order valence-corrected chi connectivity index (χ1v) is 9.06. The van der Waals surface area contributed by atoms with Crippen molar-refractivity contribution in [3.63, 3.8) is 0 Å². The predicted molar refractivity (Wildman–Crippen MR) is 88.7 cm³/mol. The van der Waals surface area contributed by atoms with Crippen LogP contribution < -0.4 is 4.74 Å². The lowest BCUT2D eigenvalue weighted by molar-refractivity contribution is -0.130. The first-order valence-electron chi connectivity index (χ1n) is 8.26. The molecule has 1 aromatic heterocycles. The van der Waals surface area contributed by atoms with Crippen molar-refractivity contribution in [2.45, 2.75) is 51.0 Å². The van der Waals surface area contributed by atoms with Crippen LogP contribution in [0.5, 0.6) is 5.88 Å². The Balaban J connectivity index is 1.42. The lowest BCUT2D eigenvalue weighted by Gasteiger charge is -2.18. The maximum absolute atomic E-state index is 12.3. The van der Waals surface area contributed by atoms with Gasteiger partial charge in [-0.05, 0) is 34.3 Å². The zero-order valence-corrected chi connectivity index (χ0v) is 14.4. The van der Waals surface area contributed by atoms with Crippen molar-refractivity contribution < 1.29 is 9.53 Å². The van der Waals surface area contributed by atoms with Gasteiger partial charge in [0.15, 0.2) is 0 Å². The SMILES string of the molecule is O=C(CCC1CCCC1)N1CCC(Oc2ccc(Br)cn2)C1. The molecule has 0 spiro atoms. The van der Waals surface area contributed by atoms with E-state index in [-0.39, 0.29) is 6.10 Å². The second kappa shape index (κ2) is 7.44. The zero-order chi connectivity index (χ0) is 15.4. The Labute approximate surface area is 140 Å². The van der Waals surface area contributed by atoms with E-state index in [9.17, 15) is 4.79 Å². The smallest absolute Gasteiger partial charge is 0.222 e. The Morgan fingerprint density at radius 2 is 2.14 bits per heavy atom. The van der Waals surface area contributed by atoms with Crippen LogP contribution in [0.15, 0.2) is 22.8 Å². The Morgan fingerprint density at radius 3 is 2.86 bits per heavy atom. The van der Waals surface area contributed by atoms with Gasteiger partial charge in [0.2, 0.25) is 11.8 Å². The van der Waals surface area contributed by atoms with Crippen LogP contribution >= 0.6 is 15.9 Å². The molecule has 3 rings (SSSR count). The average Bonchev–Trinajstić information content (AvgIpc) is 3.19. The van der Waals surface area contributed by atoms with Crippen molar-refractivity contribution in [1.29, 1.82) is 0 Å². The molecule has 4 nitrogen and oxygen atoms in total. The summed E-state index contributed by atoms with van der Waals surface area (Å²) in [6.07, 6.45) is 9.79. The number of nitrogens with zero attached hydrogens (tertiary/aromatic N) is 2. The van der Waals surface area contributed by atoms with Crippen LogP contribution in [-0.4, -0.2) is 35.0 Å². The summed E-state index contributed by atoms with van der Waals surface area (Å²) in [6, 6.07) is 3.77. The molecule has 1 atom stereocenters. The molecular weight excluding hydrogens is 344 g/mol. The van der Waals surface area contributed by atoms with Gasteiger partial charge in [-0.2, -0.15) is 0 Å². The van der Waals surface area contributed by atoms with Crippen LogP contribution in [0, 0.1) is 5.92 Å². The number of carbonyl (C=O) groups excluding carboxylic acids is 1. The zero-order valence-electron chi connectivity index (χ0n) is 12.8. The van der Waals surface area contributed by atoms with E-state index in [0.717, 1.165) is 29.8 Å². The second-order valence-electron chi connectivity index (χ2n) is 6.37. The molecule has 0 radical (unpaired) electrons. The molecule has 2 aliphatic rings. The maximum Gasteiger partial charge on any atom is 0.222 e. The van der Waals surface area contributed by atoms with Gasteiger partial charge in [0.1, 0.15) is 6.10 Å².